The maximum Gasteiger partial charge on any atom is 0.341 e. The van der Waals surface area contributed by atoms with Crippen molar-refractivity contribution >= 4 is 52.3 Å². The van der Waals surface area contributed by atoms with E-state index in [1.807, 2.05) is 17.9 Å². The van der Waals surface area contributed by atoms with Gasteiger partial charge in [0.05, 0.1) is 0 Å². The van der Waals surface area contributed by atoms with E-state index in [1.54, 1.807) is 0 Å². The molecule has 5 nitrogen and oxygen atoms in total. The lowest BCUT2D eigenvalue weighted by molar-refractivity contribution is 0.287. The molecular formula is C14H38O5Si6. The molecule has 0 aromatic heterocycles. The summed E-state index contributed by atoms with van der Waals surface area (Å²) in [6.45, 7) is 28.6. The molecule has 0 saturated heterocycles. The summed E-state index contributed by atoms with van der Waals surface area (Å²) in [5, 5.41) is 0. The SMILES string of the molecule is C=C[Si](C)(C)O[Si](C)(C)O[Si](C)(C)O[Si](C)(C)O[Si](C)(C=C)O[SiH2]C. The molecule has 0 N–H and O–H groups in total. The van der Waals surface area contributed by atoms with Crippen LogP contribution in [0.3, 0.4) is 0 Å². The second-order valence-corrected chi connectivity index (χ2v) is 27.5. The fraction of sp³-hybridized carbons (Fsp3) is 0.714. The van der Waals surface area contributed by atoms with E-state index < -0.39 is 52.3 Å². The molecule has 0 aromatic rings. The van der Waals surface area contributed by atoms with Crippen molar-refractivity contribution in [2.45, 2.75) is 65.5 Å². The maximum absolute atomic E-state index is 6.45. The Kier molecular flexibility index (Phi) is 9.40. The largest absolute Gasteiger partial charge is 0.439 e. The Morgan fingerprint density at radius 3 is 1.40 bits per heavy atom. The van der Waals surface area contributed by atoms with Gasteiger partial charge in [0.25, 0.3) is 0 Å². The molecule has 0 aliphatic rings. The second kappa shape index (κ2) is 9.18. The van der Waals surface area contributed by atoms with Gasteiger partial charge in [-0.25, -0.2) is 0 Å². The van der Waals surface area contributed by atoms with E-state index in [9.17, 15) is 0 Å². The number of hydrogen-bond donors (Lipinski definition) is 0. The minimum absolute atomic E-state index is 0.568. The van der Waals surface area contributed by atoms with Gasteiger partial charge >= 0.3 is 34.2 Å². The third-order valence-electron chi connectivity index (χ3n) is 3.23. The van der Waals surface area contributed by atoms with Crippen molar-refractivity contribution in [3.8, 4) is 0 Å². The van der Waals surface area contributed by atoms with Gasteiger partial charge in [0.15, 0.2) is 8.32 Å². The van der Waals surface area contributed by atoms with Crippen molar-refractivity contribution in [2.24, 2.45) is 0 Å². The van der Waals surface area contributed by atoms with Crippen LogP contribution in [0, 0.1) is 0 Å². The van der Waals surface area contributed by atoms with Gasteiger partial charge in [-0.1, -0.05) is 17.9 Å². The van der Waals surface area contributed by atoms with E-state index in [4.69, 9.17) is 20.6 Å². The smallest absolute Gasteiger partial charge is 0.341 e. The molecule has 0 spiro atoms. The predicted octanol–water partition coefficient (Wildman–Crippen LogP) is 4.03. The summed E-state index contributed by atoms with van der Waals surface area (Å²) in [7, 11) is -12.0. The van der Waals surface area contributed by atoms with Crippen molar-refractivity contribution in [1.82, 2.24) is 0 Å². The predicted molar refractivity (Wildman–Crippen MR) is 122 cm³/mol. The van der Waals surface area contributed by atoms with E-state index in [1.165, 1.54) is 0 Å². The van der Waals surface area contributed by atoms with E-state index in [2.05, 4.69) is 72.1 Å². The van der Waals surface area contributed by atoms with Crippen molar-refractivity contribution in [1.29, 1.82) is 0 Å². The molecule has 1 unspecified atom stereocenters. The molecule has 0 aliphatic carbocycles. The quantitative estimate of drug-likeness (QED) is 0.416. The number of hydrogen-bond acceptors (Lipinski definition) is 5. The Labute approximate surface area is 162 Å². The van der Waals surface area contributed by atoms with Crippen LogP contribution in [0.15, 0.2) is 24.6 Å². The Balaban J connectivity index is 5.09. The van der Waals surface area contributed by atoms with Crippen LogP contribution in [0.5, 0.6) is 0 Å². The van der Waals surface area contributed by atoms with Crippen molar-refractivity contribution in [3.05, 3.63) is 24.6 Å². The molecule has 25 heavy (non-hydrogen) atoms. The first-order valence-corrected chi connectivity index (χ1v) is 24.5. The fourth-order valence-electron chi connectivity index (χ4n) is 2.83. The summed E-state index contributed by atoms with van der Waals surface area (Å²) in [6.07, 6.45) is 0. The Morgan fingerprint density at radius 2 is 1.04 bits per heavy atom. The van der Waals surface area contributed by atoms with Gasteiger partial charge in [-0.15, -0.1) is 13.2 Å². The third-order valence-corrected chi connectivity index (χ3v) is 23.9. The van der Waals surface area contributed by atoms with Gasteiger partial charge in [-0.05, 0) is 58.9 Å². The van der Waals surface area contributed by atoms with Crippen LogP contribution in [-0.4, -0.2) is 52.3 Å². The minimum atomic E-state index is -2.42. The molecule has 148 valence electrons. The highest BCUT2D eigenvalue weighted by molar-refractivity contribution is 6.91. The van der Waals surface area contributed by atoms with Crippen molar-refractivity contribution in [3.63, 3.8) is 0 Å². The molecule has 0 bridgehead atoms. The molecule has 0 radical (unpaired) electrons. The molecule has 0 fully saturated rings. The highest BCUT2D eigenvalue weighted by atomic mass is 28.5. The Morgan fingerprint density at radius 1 is 0.640 bits per heavy atom. The fourth-order valence-corrected chi connectivity index (χ4v) is 27.1. The standard InChI is InChI=1S/C14H38O5Si6/c1-13-21(4,5)16-22(6,7)17-23(8,9)18-24(10,11)19-25(12,14-2)15-20-3/h13-14H,1-2,20H2,3-12H3. The van der Waals surface area contributed by atoms with Crippen LogP contribution in [0.2, 0.25) is 65.5 Å². The zero-order valence-electron chi connectivity index (χ0n) is 17.8. The van der Waals surface area contributed by atoms with Gasteiger partial charge in [0.2, 0.25) is 0 Å². The summed E-state index contributed by atoms with van der Waals surface area (Å²) in [6, 6.07) is 0. The van der Waals surface area contributed by atoms with Gasteiger partial charge in [-0.3, -0.25) is 0 Å². The van der Waals surface area contributed by atoms with Crippen molar-refractivity contribution in [2.75, 3.05) is 0 Å². The molecule has 0 rings (SSSR count). The van der Waals surface area contributed by atoms with Crippen LogP contribution in [0.25, 0.3) is 0 Å². The number of rotatable bonds is 12. The van der Waals surface area contributed by atoms with Gasteiger partial charge in [-0.2, -0.15) is 0 Å². The molecule has 11 heteroatoms. The van der Waals surface area contributed by atoms with Gasteiger partial charge < -0.3 is 20.6 Å². The first-order valence-electron chi connectivity index (χ1n) is 8.73. The molecule has 0 aromatic carbocycles. The van der Waals surface area contributed by atoms with Crippen LogP contribution in [-0.2, 0) is 20.6 Å². The topological polar surface area (TPSA) is 46.2 Å². The first kappa shape index (κ1) is 25.6. The maximum atomic E-state index is 6.45. The molecule has 0 aliphatic heterocycles. The summed E-state index contributed by atoms with van der Waals surface area (Å²) in [5.74, 6) is 0. The Hall–Kier alpha value is 0.581. The third kappa shape index (κ3) is 10.5. The zero-order valence-corrected chi connectivity index (χ0v) is 24.2. The lowest BCUT2D eigenvalue weighted by Gasteiger charge is -2.41. The highest BCUT2D eigenvalue weighted by Gasteiger charge is 2.46. The van der Waals surface area contributed by atoms with E-state index in [0.29, 0.717) is 0 Å². The van der Waals surface area contributed by atoms with E-state index in [-0.39, 0.29) is 0 Å². The molecule has 0 heterocycles. The zero-order chi connectivity index (χ0) is 20.2. The molecular weight excluding hydrogens is 417 g/mol. The van der Waals surface area contributed by atoms with Crippen LogP contribution >= 0.6 is 0 Å². The Bertz CT molecular complexity index is 469. The van der Waals surface area contributed by atoms with Gasteiger partial charge in [0.1, 0.15) is 9.76 Å². The average Bonchev–Trinajstić information content (AvgIpc) is 2.33. The van der Waals surface area contributed by atoms with Crippen LogP contribution < -0.4 is 0 Å². The van der Waals surface area contributed by atoms with Crippen molar-refractivity contribution < 1.29 is 20.6 Å². The van der Waals surface area contributed by atoms with Crippen LogP contribution in [0.1, 0.15) is 0 Å². The summed E-state index contributed by atoms with van der Waals surface area (Å²) in [5.41, 5.74) is 3.78. The minimum Gasteiger partial charge on any atom is -0.439 e. The lowest BCUT2D eigenvalue weighted by atomic mass is 11.3. The van der Waals surface area contributed by atoms with Gasteiger partial charge in [0, 0.05) is 0 Å². The molecule has 1 atom stereocenters. The second-order valence-electron chi connectivity index (χ2n) is 8.07. The first-order chi connectivity index (χ1) is 11.0. The van der Waals surface area contributed by atoms with E-state index in [0.717, 1.165) is 0 Å². The summed E-state index contributed by atoms with van der Waals surface area (Å²) >= 11 is 0. The lowest BCUT2D eigenvalue weighted by Crippen LogP contribution is -2.59. The summed E-state index contributed by atoms with van der Waals surface area (Å²) < 4.78 is 31.5. The average molecular weight is 455 g/mol. The van der Waals surface area contributed by atoms with E-state index >= 15 is 0 Å². The van der Waals surface area contributed by atoms with Crippen LogP contribution in [0.4, 0.5) is 0 Å². The normalized spacial score (nSPS) is 16.9. The molecule has 0 saturated carbocycles. The molecule has 0 amide bonds. The highest BCUT2D eigenvalue weighted by Crippen LogP contribution is 2.26. The summed E-state index contributed by atoms with van der Waals surface area (Å²) in [4.78, 5) is 0. The monoisotopic (exact) mass is 454 g/mol.